The lowest BCUT2D eigenvalue weighted by molar-refractivity contribution is -0.147. The smallest absolute Gasteiger partial charge is 0.317 e. The Morgan fingerprint density at radius 2 is 2.22 bits per heavy atom. The van der Waals surface area contributed by atoms with Crippen LogP contribution in [0.2, 0.25) is 0 Å². The molecule has 2 amide bonds. The van der Waals surface area contributed by atoms with Crippen molar-refractivity contribution in [3.63, 3.8) is 0 Å². The minimum absolute atomic E-state index is 0.235. The van der Waals surface area contributed by atoms with Gasteiger partial charge in [-0.25, -0.2) is 9.78 Å². The molecule has 0 saturated carbocycles. The number of nitrogens with zero attached hydrogens (tertiary/aromatic N) is 3. The predicted molar refractivity (Wildman–Crippen MR) is 84.1 cm³/mol. The Bertz CT molecular complexity index is 770. The number of pyridine rings is 1. The van der Waals surface area contributed by atoms with Crippen LogP contribution in [0.4, 0.5) is 4.79 Å². The van der Waals surface area contributed by atoms with Gasteiger partial charge < -0.3 is 19.7 Å². The van der Waals surface area contributed by atoms with E-state index in [1.165, 1.54) is 0 Å². The number of aliphatic carboxylic acids is 1. The maximum atomic E-state index is 12.2. The molecule has 0 bridgehead atoms. The first kappa shape index (κ1) is 15.3. The summed E-state index contributed by atoms with van der Waals surface area (Å²) in [6.07, 6.45) is 2.37. The fourth-order valence-corrected chi connectivity index (χ4v) is 2.87. The average molecular weight is 316 g/mol. The van der Waals surface area contributed by atoms with Crippen LogP contribution in [-0.4, -0.2) is 44.5 Å². The van der Waals surface area contributed by atoms with Crippen LogP contribution in [-0.2, 0) is 11.3 Å². The zero-order chi connectivity index (χ0) is 16.6. The first-order valence-electron chi connectivity index (χ1n) is 7.59. The second-order valence-electron chi connectivity index (χ2n) is 6.32. The maximum absolute atomic E-state index is 12.2. The van der Waals surface area contributed by atoms with E-state index in [0.29, 0.717) is 19.5 Å². The third-order valence-electron chi connectivity index (χ3n) is 4.44. The number of aromatic nitrogens is 2. The molecule has 0 aromatic carbocycles. The molecule has 3 heterocycles. The van der Waals surface area contributed by atoms with Gasteiger partial charge in [-0.05, 0) is 32.4 Å². The topological polar surface area (TPSA) is 86.9 Å². The molecule has 0 spiro atoms. The van der Waals surface area contributed by atoms with Crippen LogP contribution < -0.4 is 5.32 Å². The molecule has 1 saturated heterocycles. The van der Waals surface area contributed by atoms with Gasteiger partial charge in [0.25, 0.3) is 0 Å². The number of carbonyl (C=O) groups is 2. The van der Waals surface area contributed by atoms with Gasteiger partial charge >= 0.3 is 12.0 Å². The van der Waals surface area contributed by atoms with Crippen molar-refractivity contribution in [3.05, 3.63) is 35.8 Å². The summed E-state index contributed by atoms with van der Waals surface area (Å²) < 4.78 is 1.97. The standard InChI is InChI=1S/C16H20N4O3/c1-11-4-3-5-13-18-12(9-20(11)13)8-17-15(23)19-7-6-16(2,10-19)14(21)22/h3-5,9H,6-8,10H2,1-2H3,(H,17,23)(H,21,22). The summed E-state index contributed by atoms with van der Waals surface area (Å²) in [6, 6.07) is 5.60. The lowest BCUT2D eigenvalue weighted by Gasteiger charge is -2.20. The van der Waals surface area contributed by atoms with Crippen molar-refractivity contribution in [2.45, 2.75) is 26.8 Å². The largest absolute Gasteiger partial charge is 0.481 e. The van der Waals surface area contributed by atoms with Crippen LogP contribution in [0, 0.1) is 12.3 Å². The van der Waals surface area contributed by atoms with Crippen LogP contribution in [0.15, 0.2) is 24.4 Å². The van der Waals surface area contributed by atoms with Gasteiger partial charge in [0.1, 0.15) is 5.65 Å². The number of imidazole rings is 1. The van der Waals surface area contributed by atoms with Crippen molar-refractivity contribution >= 4 is 17.6 Å². The number of hydrogen-bond donors (Lipinski definition) is 2. The van der Waals surface area contributed by atoms with Gasteiger partial charge in [0.2, 0.25) is 0 Å². The van der Waals surface area contributed by atoms with E-state index in [9.17, 15) is 14.7 Å². The highest BCUT2D eigenvalue weighted by Crippen LogP contribution is 2.29. The molecule has 2 N–H and O–H groups in total. The molecule has 23 heavy (non-hydrogen) atoms. The van der Waals surface area contributed by atoms with Gasteiger partial charge in [-0.2, -0.15) is 0 Å². The summed E-state index contributed by atoms with van der Waals surface area (Å²) >= 11 is 0. The first-order valence-corrected chi connectivity index (χ1v) is 7.59. The van der Waals surface area contributed by atoms with Crippen molar-refractivity contribution < 1.29 is 14.7 Å². The van der Waals surface area contributed by atoms with Crippen molar-refractivity contribution in [2.24, 2.45) is 5.41 Å². The Morgan fingerprint density at radius 1 is 1.43 bits per heavy atom. The van der Waals surface area contributed by atoms with Gasteiger partial charge in [-0.15, -0.1) is 0 Å². The predicted octanol–water partition coefficient (Wildman–Crippen LogP) is 1.65. The lowest BCUT2D eigenvalue weighted by Crippen LogP contribution is -2.40. The highest BCUT2D eigenvalue weighted by molar-refractivity contribution is 5.79. The van der Waals surface area contributed by atoms with Gasteiger partial charge in [0.15, 0.2) is 0 Å². The summed E-state index contributed by atoms with van der Waals surface area (Å²) in [6.45, 7) is 4.68. The quantitative estimate of drug-likeness (QED) is 0.901. The number of likely N-dealkylation sites (tertiary alicyclic amines) is 1. The van der Waals surface area contributed by atoms with E-state index in [1.54, 1.807) is 11.8 Å². The third-order valence-corrected chi connectivity index (χ3v) is 4.44. The van der Waals surface area contributed by atoms with Crippen LogP contribution in [0.3, 0.4) is 0 Å². The normalized spacial score (nSPS) is 20.9. The molecule has 7 nitrogen and oxygen atoms in total. The number of urea groups is 1. The zero-order valence-electron chi connectivity index (χ0n) is 13.2. The third kappa shape index (κ3) is 2.86. The number of carboxylic acids is 1. The molecule has 1 fully saturated rings. The van der Waals surface area contributed by atoms with E-state index >= 15 is 0 Å². The molecule has 1 unspecified atom stereocenters. The number of carbonyl (C=O) groups excluding carboxylic acids is 1. The van der Waals surface area contributed by atoms with E-state index in [0.717, 1.165) is 17.0 Å². The van der Waals surface area contributed by atoms with Crippen LogP contribution in [0.1, 0.15) is 24.7 Å². The summed E-state index contributed by atoms with van der Waals surface area (Å²) in [5, 5.41) is 12.0. The molecule has 2 aromatic rings. The molecule has 0 radical (unpaired) electrons. The van der Waals surface area contributed by atoms with E-state index < -0.39 is 11.4 Å². The Morgan fingerprint density at radius 3 is 2.87 bits per heavy atom. The summed E-state index contributed by atoms with van der Waals surface area (Å²) in [4.78, 5) is 29.4. The fraction of sp³-hybridized carbons (Fsp3) is 0.438. The number of nitrogens with one attached hydrogen (secondary N) is 1. The average Bonchev–Trinajstić information content (AvgIpc) is 3.10. The maximum Gasteiger partial charge on any atom is 0.317 e. The van der Waals surface area contributed by atoms with Gasteiger partial charge in [0, 0.05) is 25.0 Å². The molecular weight excluding hydrogens is 296 g/mol. The molecule has 1 aliphatic heterocycles. The second kappa shape index (κ2) is 5.57. The van der Waals surface area contributed by atoms with Crippen molar-refractivity contribution in [1.82, 2.24) is 19.6 Å². The summed E-state index contributed by atoms with van der Waals surface area (Å²) in [5.74, 6) is -0.858. The number of carboxylic acid groups (broad SMARTS) is 1. The molecule has 1 atom stereocenters. The molecule has 3 rings (SSSR count). The second-order valence-corrected chi connectivity index (χ2v) is 6.32. The number of amides is 2. The Labute approximate surface area is 133 Å². The van der Waals surface area contributed by atoms with Crippen LogP contribution in [0.5, 0.6) is 0 Å². The van der Waals surface area contributed by atoms with Crippen molar-refractivity contribution in [1.29, 1.82) is 0 Å². The molecule has 122 valence electrons. The number of fused-ring (bicyclic) bond motifs is 1. The minimum atomic E-state index is -0.858. The van der Waals surface area contributed by atoms with Crippen LogP contribution in [0.25, 0.3) is 5.65 Å². The highest BCUT2D eigenvalue weighted by atomic mass is 16.4. The van der Waals surface area contributed by atoms with Gasteiger partial charge in [-0.3, -0.25) is 4.79 Å². The number of hydrogen-bond acceptors (Lipinski definition) is 3. The van der Waals surface area contributed by atoms with E-state index in [4.69, 9.17) is 0 Å². The van der Waals surface area contributed by atoms with E-state index in [1.807, 2.05) is 35.7 Å². The Kier molecular flexibility index (Phi) is 3.71. The lowest BCUT2D eigenvalue weighted by atomic mass is 9.90. The highest BCUT2D eigenvalue weighted by Gasteiger charge is 2.42. The van der Waals surface area contributed by atoms with E-state index in [-0.39, 0.29) is 12.6 Å². The SMILES string of the molecule is Cc1cccc2nc(CNC(=O)N3CCC(C)(C(=O)O)C3)cn12. The number of rotatable bonds is 3. The summed E-state index contributed by atoms with van der Waals surface area (Å²) in [5.41, 5.74) is 1.84. The molecule has 1 aliphatic rings. The molecule has 2 aromatic heterocycles. The molecule has 0 aliphatic carbocycles. The Hall–Kier alpha value is -2.57. The number of aryl methyl sites for hydroxylation is 1. The Balaban J connectivity index is 1.63. The summed E-state index contributed by atoms with van der Waals surface area (Å²) in [7, 11) is 0. The van der Waals surface area contributed by atoms with Crippen LogP contribution >= 0.6 is 0 Å². The van der Waals surface area contributed by atoms with Gasteiger partial charge in [-0.1, -0.05) is 6.07 Å². The van der Waals surface area contributed by atoms with Gasteiger partial charge in [0.05, 0.1) is 17.7 Å². The van der Waals surface area contributed by atoms with Crippen molar-refractivity contribution in [3.8, 4) is 0 Å². The first-order chi connectivity index (χ1) is 10.9. The molecular formula is C16H20N4O3. The minimum Gasteiger partial charge on any atom is -0.481 e. The fourth-order valence-electron chi connectivity index (χ4n) is 2.87. The monoisotopic (exact) mass is 316 g/mol. The van der Waals surface area contributed by atoms with Crippen molar-refractivity contribution in [2.75, 3.05) is 13.1 Å². The zero-order valence-corrected chi connectivity index (χ0v) is 13.2. The van der Waals surface area contributed by atoms with E-state index in [2.05, 4.69) is 10.3 Å². The molecule has 7 heteroatoms.